The molecule has 0 spiro atoms. The first-order chi connectivity index (χ1) is 9.20. The van der Waals surface area contributed by atoms with Gasteiger partial charge >= 0.3 is 0 Å². The zero-order chi connectivity index (χ0) is 13.4. The number of nitrogen functional groups attached to an aromatic ring is 1. The van der Waals surface area contributed by atoms with Crippen LogP contribution in [0.5, 0.6) is 11.5 Å². The molecule has 5 nitrogen and oxygen atoms in total. The standard InChI is InChI=1S/C14H17N3O2/c1-3-10-13(16-17(2)14(10)15)9-4-5-11-12(8-9)19-7-6-18-11/h4-5,8H,3,6-7,15H2,1-2H3. The van der Waals surface area contributed by atoms with Gasteiger partial charge in [0, 0.05) is 18.2 Å². The number of ether oxygens (including phenoxy) is 2. The van der Waals surface area contributed by atoms with E-state index in [1.165, 1.54) is 0 Å². The lowest BCUT2D eigenvalue weighted by molar-refractivity contribution is 0.171. The second-order valence-electron chi connectivity index (χ2n) is 4.55. The second kappa shape index (κ2) is 4.50. The molecule has 1 aliphatic heterocycles. The number of hydrogen-bond donors (Lipinski definition) is 1. The Kier molecular flexibility index (Phi) is 2.81. The van der Waals surface area contributed by atoms with Crippen LogP contribution in [0.3, 0.4) is 0 Å². The van der Waals surface area contributed by atoms with Crippen molar-refractivity contribution in [3.8, 4) is 22.8 Å². The van der Waals surface area contributed by atoms with E-state index in [4.69, 9.17) is 15.2 Å². The van der Waals surface area contributed by atoms with Crippen molar-refractivity contribution in [1.82, 2.24) is 9.78 Å². The number of nitrogens with two attached hydrogens (primary N) is 1. The Bertz CT molecular complexity index is 619. The topological polar surface area (TPSA) is 62.3 Å². The fraction of sp³-hybridized carbons (Fsp3) is 0.357. The summed E-state index contributed by atoms with van der Waals surface area (Å²) < 4.78 is 12.8. The summed E-state index contributed by atoms with van der Waals surface area (Å²) in [6, 6.07) is 5.89. The Morgan fingerprint density at radius 1 is 1.26 bits per heavy atom. The molecule has 0 bridgehead atoms. The molecule has 1 aromatic heterocycles. The fourth-order valence-corrected chi connectivity index (χ4v) is 2.35. The summed E-state index contributed by atoms with van der Waals surface area (Å²) in [7, 11) is 1.86. The van der Waals surface area contributed by atoms with Gasteiger partial charge in [-0.25, -0.2) is 0 Å². The molecule has 0 radical (unpaired) electrons. The molecule has 2 aromatic rings. The summed E-state index contributed by atoms with van der Waals surface area (Å²) in [6.45, 7) is 3.26. The molecule has 0 unspecified atom stereocenters. The zero-order valence-electron chi connectivity index (χ0n) is 11.1. The summed E-state index contributed by atoms with van der Waals surface area (Å²) in [4.78, 5) is 0. The first-order valence-corrected chi connectivity index (χ1v) is 6.42. The highest BCUT2D eigenvalue weighted by molar-refractivity contribution is 5.71. The van der Waals surface area contributed by atoms with Gasteiger partial charge < -0.3 is 15.2 Å². The molecule has 0 amide bonds. The summed E-state index contributed by atoms with van der Waals surface area (Å²) in [6.07, 6.45) is 0.851. The third-order valence-corrected chi connectivity index (χ3v) is 3.36. The summed E-state index contributed by atoms with van der Waals surface area (Å²) >= 11 is 0. The molecule has 2 N–H and O–H groups in total. The lowest BCUT2D eigenvalue weighted by Gasteiger charge is -2.18. The maximum absolute atomic E-state index is 6.03. The number of rotatable bonds is 2. The number of hydrogen-bond acceptors (Lipinski definition) is 4. The van der Waals surface area contributed by atoms with Gasteiger partial charge in [0.25, 0.3) is 0 Å². The Balaban J connectivity index is 2.09. The molecule has 0 saturated heterocycles. The van der Waals surface area contributed by atoms with Gasteiger partial charge in [-0.3, -0.25) is 4.68 Å². The number of fused-ring (bicyclic) bond motifs is 1. The number of aryl methyl sites for hydroxylation is 1. The van der Waals surface area contributed by atoms with E-state index in [1.54, 1.807) is 4.68 Å². The fourth-order valence-electron chi connectivity index (χ4n) is 2.35. The van der Waals surface area contributed by atoms with Crippen LogP contribution in [0.4, 0.5) is 5.82 Å². The lowest BCUT2D eigenvalue weighted by Crippen LogP contribution is -2.15. The van der Waals surface area contributed by atoms with Gasteiger partial charge in [-0.2, -0.15) is 5.10 Å². The average Bonchev–Trinajstić information content (AvgIpc) is 2.74. The highest BCUT2D eigenvalue weighted by atomic mass is 16.6. The molecular formula is C14H17N3O2. The monoisotopic (exact) mass is 259 g/mol. The van der Waals surface area contributed by atoms with Gasteiger partial charge in [0.05, 0.1) is 5.69 Å². The molecule has 0 saturated carbocycles. The Hall–Kier alpha value is -2.17. The van der Waals surface area contributed by atoms with Crippen LogP contribution in [0, 0.1) is 0 Å². The molecule has 2 heterocycles. The van der Waals surface area contributed by atoms with Gasteiger partial charge in [0.15, 0.2) is 11.5 Å². The van der Waals surface area contributed by atoms with Gasteiger partial charge in [0.1, 0.15) is 19.0 Å². The first kappa shape index (κ1) is 11.9. The Labute approximate surface area is 111 Å². The van der Waals surface area contributed by atoms with E-state index in [2.05, 4.69) is 12.0 Å². The van der Waals surface area contributed by atoms with Crippen molar-refractivity contribution in [2.24, 2.45) is 7.05 Å². The number of nitrogens with zero attached hydrogens (tertiary/aromatic N) is 2. The minimum Gasteiger partial charge on any atom is -0.486 e. The third kappa shape index (κ3) is 1.91. The van der Waals surface area contributed by atoms with Gasteiger partial charge in [-0.15, -0.1) is 0 Å². The number of anilines is 1. The summed E-state index contributed by atoms with van der Waals surface area (Å²) in [5.74, 6) is 2.28. The SMILES string of the molecule is CCc1c(-c2ccc3c(c2)OCCO3)nn(C)c1N. The van der Waals surface area contributed by atoms with Crippen molar-refractivity contribution in [2.75, 3.05) is 18.9 Å². The molecule has 19 heavy (non-hydrogen) atoms. The molecule has 5 heteroatoms. The van der Waals surface area contributed by atoms with Crippen molar-refractivity contribution in [1.29, 1.82) is 0 Å². The van der Waals surface area contributed by atoms with E-state index >= 15 is 0 Å². The van der Waals surface area contributed by atoms with E-state index in [0.717, 1.165) is 34.7 Å². The van der Waals surface area contributed by atoms with Crippen molar-refractivity contribution < 1.29 is 9.47 Å². The molecule has 0 aliphatic carbocycles. The maximum atomic E-state index is 6.03. The third-order valence-electron chi connectivity index (χ3n) is 3.36. The number of benzene rings is 1. The van der Waals surface area contributed by atoms with E-state index in [-0.39, 0.29) is 0 Å². The van der Waals surface area contributed by atoms with Crippen molar-refractivity contribution in [3.05, 3.63) is 23.8 Å². The van der Waals surface area contributed by atoms with Crippen LogP contribution in [0.25, 0.3) is 11.3 Å². The second-order valence-corrected chi connectivity index (χ2v) is 4.55. The first-order valence-electron chi connectivity index (χ1n) is 6.42. The van der Waals surface area contributed by atoms with Gasteiger partial charge in [-0.05, 0) is 24.6 Å². The average molecular weight is 259 g/mol. The largest absolute Gasteiger partial charge is 0.486 e. The molecule has 3 rings (SSSR count). The summed E-state index contributed by atoms with van der Waals surface area (Å²) in [5, 5.41) is 4.50. The predicted octanol–water partition coefficient (Wildman–Crippen LogP) is 2.00. The highest BCUT2D eigenvalue weighted by Gasteiger charge is 2.17. The minimum absolute atomic E-state index is 0.585. The maximum Gasteiger partial charge on any atom is 0.162 e. The molecule has 1 aliphatic rings. The molecule has 0 atom stereocenters. The van der Waals surface area contributed by atoms with Crippen LogP contribution in [0.2, 0.25) is 0 Å². The van der Waals surface area contributed by atoms with Crippen LogP contribution >= 0.6 is 0 Å². The lowest BCUT2D eigenvalue weighted by atomic mass is 10.1. The molecule has 1 aromatic carbocycles. The quantitative estimate of drug-likeness (QED) is 0.896. The van der Waals surface area contributed by atoms with Gasteiger partial charge in [0.2, 0.25) is 0 Å². The van der Waals surface area contributed by atoms with Crippen molar-refractivity contribution in [2.45, 2.75) is 13.3 Å². The highest BCUT2D eigenvalue weighted by Crippen LogP contribution is 2.36. The molecule has 100 valence electrons. The predicted molar refractivity (Wildman–Crippen MR) is 73.4 cm³/mol. The van der Waals surface area contributed by atoms with E-state index < -0.39 is 0 Å². The number of aromatic nitrogens is 2. The van der Waals surface area contributed by atoms with Crippen molar-refractivity contribution >= 4 is 5.82 Å². The molecule has 0 fully saturated rings. The normalized spacial score (nSPS) is 13.6. The van der Waals surface area contributed by atoms with Crippen LogP contribution < -0.4 is 15.2 Å². The van der Waals surface area contributed by atoms with Crippen LogP contribution in [0.15, 0.2) is 18.2 Å². The zero-order valence-corrected chi connectivity index (χ0v) is 11.1. The van der Waals surface area contributed by atoms with Crippen LogP contribution in [-0.4, -0.2) is 23.0 Å². The molecular weight excluding hydrogens is 242 g/mol. The smallest absolute Gasteiger partial charge is 0.162 e. The van der Waals surface area contributed by atoms with E-state index in [9.17, 15) is 0 Å². The Morgan fingerprint density at radius 3 is 2.74 bits per heavy atom. The van der Waals surface area contributed by atoms with E-state index in [1.807, 2.05) is 25.2 Å². The van der Waals surface area contributed by atoms with E-state index in [0.29, 0.717) is 19.0 Å². The van der Waals surface area contributed by atoms with Gasteiger partial charge in [-0.1, -0.05) is 6.92 Å². The van der Waals surface area contributed by atoms with Crippen molar-refractivity contribution in [3.63, 3.8) is 0 Å². The van der Waals surface area contributed by atoms with Crippen LogP contribution in [0.1, 0.15) is 12.5 Å². The Morgan fingerprint density at radius 2 is 2.00 bits per heavy atom. The summed E-state index contributed by atoms with van der Waals surface area (Å²) in [5.41, 5.74) is 9.03. The van der Waals surface area contributed by atoms with Crippen LogP contribution in [-0.2, 0) is 13.5 Å². The minimum atomic E-state index is 0.585.